The fourth-order valence-corrected chi connectivity index (χ4v) is 4.57. The molecule has 186 valence electrons. The summed E-state index contributed by atoms with van der Waals surface area (Å²) in [7, 11) is 0. The van der Waals surface area contributed by atoms with E-state index in [1.807, 2.05) is 36.4 Å². The number of amides is 1. The number of nitrogens with one attached hydrogen (secondary N) is 2. The minimum atomic E-state index is -0.428. The lowest BCUT2D eigenvalue weighted by atomic mass is 9.92. The smallest absolute Gasteiger partial charge is 0.255 e. The first kappa shape index (κ1) is 24.1. The van der Waals surface area contributed by atoms with Crippen molar-refractivity contribution in [2.45, 2.75) is 6.42 Å². The van der Waals surface area contributed by atoms with Gasteiger partial charge in [0.15, 0.2) is 0 Å². The highest BCUT2D eigenvalue weighted by atomic mass is 19.1. The molecule has 1 amide bonds. The highest BCUT2D eigenvalue weighted by Gasteiger charge is 2.27. The number of pyridine rings is 1. The van der Waals surface area contributed by atoms with Crippen LogP contribution in [-0.4, -0.2) is 58.5 Å². The van der Waals surface area contributed by atoms with E-state index in [2.05, 4.69) is 20.6 Å². The number of halogens is 1. The Morgan fingerprint density at radius 3 is 2.70 bits per heavy atom. The average molecular weight is 497 g/mol. The Kier molecular flexibility index (Phi) is 6.87. The molecule has 0 atom stereocenters. The molecule has 5 rings (SSSR count). The zero-order valence-electron chi connectivity index (χ0n) is 20.0. The van der Waals surface area contributed by atoms with E-state index in [0.29, 0.717) is 72.7 Å². The molecule has 1 aliphatic heterocycles. The van der Waals surface area contributed by atoms with Gasteiger partial charge in [-0.1, -0.05) is 30.3 Å². The van der Waals surface area contributed by atoms with Crippen molar-refractivity contribution >= 4 is 28.4 Å². The van der Waals surface area contributed by atoms with E-state index in [9.17, 15) is 14.4 Å². The third-order valence-corrected chi connectivity index (χ3v) is 6.35. The molecule has 0 aliphatic carbocycles. The Hall–Kier alpha value is -4.62. The van der Waals surface area contributed by atoms with Crippen LogP contribution in [-0.2, 0) is 6.42 Å². The van der Waals surface area contributed by atoms with Crippen molar-refractivity contribution in [2.75, 3.05) is 43.8 Å². The second-order valence-electron chi connectivity index (χ2n) is 8.65. The van der Waals surface area contributed by atoms with Crippen LogP contribution in [0.15, 0.2) is 54.9 Å². The molecule has 10 heteroatoms. The zero-order chi connectivity index (χ0) is 25.8. The predicted octanol–water partition coefficient (Wildman–Crippen LogP) is 2.98. The summed E-state index contributed by atoms with van der Waals surface area (Å²) in [6.07, 6.45) is 1.70. The maximum Gasteiger partial charge on any atom is 0.255 e. The highest BCUT2D eigenvalue weighted by molar-refractivity contribution is 6.12. The predicted molar refractivity (Wildman–Crippen MR) is 139 cm³/mol. The van der Waals surface area contributed by atoms with Crippen LogP contribution >= 0.6 is 0 Å². The number of nitrogens with zero attached hydrogens (tertiary/aromatic N) is 5. The molecular formula is C27H25FN8O. The summed E-state index contributed by atoms with van der Waals surface area (Å²) in [6, 6.07) is 15.9. The Balaban J connectivity index is 1.62. The molecule has 1 aliphatic rings. The first-order valence-corrected chi connectivity index (χ1v) is 12.0. The summed E-state index contributed by atoms with van der Waals surface area (Å²) in [5.74, 6) is -0.152. The fourth-order valence-electron chi connectivity index (χ4n) is 4.57. The van der Waals surface area contributed by atoms with Gasteiger partial charge in [-0.15, -0.1) is 0 Å². The van der Waals surface area contributed by atoms with Gasteiger partial charge in [0.2, 0.25) is 0 Å². The Morgan fingerprint density at radius 1 is 1.16 bits per heavy atom. The standard InChI is InChI=1S/C27H25FN8O/c28-18-6-7-21-19(14-18)24(27(37)36-12-10-31-11-13-36)23(17-4-2-1-3-5-17)22(35-21)8-9-32-26-20(15-29)25(30)33-16-34-26/h1-7,14,16,31H,8-13H2,(H3,30,32,33,34). The van der Waals surface area contributed by atoms with E-state index in [1.54, 1.807) is 11.0 Å². The molecule has 0 unspecified atom stereocenters. The Labute approximate surface area is 213 Å². The molecule has 1 saturated heterocycles. The Bertz CT molecular complexity index is 1500. The number of aromatic nitrogens is 3. The van der Waals surface area contributed by atoms with Crippen molar-refractivity contribution in [3.63, 3.8) is 0 Å². The quantitative estimate of drug-likeness (QED) is 0.371. The first-order chi connectivity index (χ1) is 18.1. The summed E-state index contributed by atoms with van der Waals surface area (Å²) in [5.41, 5.74) is 9.13. The van der Waals surface area contributed by atoms with Crippen molar-refractivity contribution in [2.24, 2.45) is 0 Å². The van der Waals surface area contributed by atoms with Crippen LogP contribution in [0.1, 0.15) is 21.6 Å². The maximum absolute atomic E-state index is 14.4. The van der Waals surface area contributed by atoms with Gasteiger partial charge in [0, 0.05) is 50.1 Å². The molecule has 9 nitrogen and oxygen atoms in total. The molecule has 0 bridgehead atoms. The lowest BCUT2D eigenvalue weighted by Crippen LogP contribution is -2.46. The van der Waals surface area contributed by atoms with Crippen LogP contribution in [0, 0.1) is 17.1 Å². The SMILES string of the molecule is N#Cc1c(N)ncnc1NCCc1nc2ccc(F)cc2c(C(=O)N2CCNCC2)c1-c1ccccc1. The summed E-state index contributed by atoms with van der Waals surface area (Å²) in [4.78, 5) is 28.6. The first-order valence-electron chi connectivity index (χ1n) is 12.0. The number of piperazine rings is 1. The molecule has 2 aromatic heterocycles. The number of hydrogen-bond donors (Lipinski definition) is 3. The lowest BCUT2D eigenvalue weighted by Gasteiger charge is -2.29. The van der Waals surface area contributed by atoms with Crippen LogP contribution < -0.4 is 16.4 Å². The van der Waals surface area contributed by atoms with Gasteiger partial charge >= 0.3 is 0 Å². The van der Waals surface area contributed by atoms with Gasteiger partial charge in [0.05, 0.1) is 16.8 Å². The van der Waals surface area contributed by atoms with Crippen LogP contribution in [0.2, 0.25) is 0 Å². The third kappa shape index (κ3) is 4.90. The topological polar surface area (TPSA) is 133 Å². The number of anilines is 2. The molecule has 2 aromatic carbocycles. The van der Waals surface area contributed by atoms with Gasteiger partial charge in [-0.25, -0.2) is 14.4 Å². The molecule has 4 N–H and O–H groups in total. The van der Waals surface area contributed by atoms with Gasteiger partial charge in [0.1, 0.15) is 35.4 Å². The number of nitrogens with two attached hydrogens (primary N) is 1. The van der Waals surface area contributed by atoms with Crippen molar-refractivity contribution in [1.82, 2.24) is 25.2 Å². The molecule has 0 saturated carbocycles. The number of carbonyl (C=O) groups excluding carboxylic acids is 1. The molecule has 4 aromatic rings. The molecule has 0 spiro atoms. The number of rotatable bonds is 6. The minimum absolute atomic E-state index is 0.0970. The van der Waals surface area contributed by atoms with Gasteiger partial charge in [-0.3, -0.25) is 9.78 Å². The summed E-state index contributed by atoms with van der Waals surface area (Å²) in [5, 5.41) is 16.3. The minimum Gasteiger partial charge on any atom is -0.382 e. The van der Waals surface area contributed by atoms with Gasteiger partial charge in [0.25, 0.3) is 5.91 Å². The second-order valence-corrected chi connectivity index (χ2v) is 8.65. The monoisotopic (exact) mass is 496 g/mol. The van der Waals surface area contributed by atoms with Crippen LogP contribution in [0.4, 0.5) is 16.0 Å². The van der Waals surface area contributed by atoms with E-state index >= 15 is 0 Å². The number of nitrogen functional groups attached to an aromatic ring is 1. The summed E-state index contributed by atoms with van der Waals surface area (Å²) >= 11 is 0. The fraction of sp³-hybridized carbons (Fsp3) is 0.222. The van der Waals surface area contributed by atoms with Crippen molar-refractivity contribution < 1.29 is 9.18 Å². The largest absolute Gasteiger partial charge is 0.382 e. The maximum atomic E-state index is 14.4. The number of benzene rings is 2. The summed E-state index contributed by atoms with van der Waals surface area (Å²) in [6.45, 7) is 2.89. The van der Waals surface area contributed by atoms with Crippen molar-refractivity contribution in [3.05, 3.63) is 77.5 Å². The lowest BCUT2D eigenvalue weighted by molar-refractivity contribution is 0.0738. The number of hydrogen-bond acceptors (Lipinski definition) is 8. The van der Waals surface area contributed by atoms with E-state index in [1.165, 1.54) is 18.5 Å². The van der Waals surface area contributed by atoms with Crippen molar-refractivity contribution in [1.29, 1.82) is 5.26 Å². The Morgan fingerprint density at radius 2 is 1.95 bits per heavy atom. The van der Waals surface area contributed by atoms with Crippen LogP contribution in [0.25, 0.3) is 22.0 Å². The van der Waals surface area contributed by atoms with Gasteiger partial charge in [-0.2, -0.15) is 5.26 Å². The number of nitriles is 1. The van der Waals surface area contributed by atoms with Gasteiger partial charge < -0.3 is 21.3 Å². The highest BCUT2D eigenvalue weighted by Crippen LogP contribution is 2.34. The van der Waals surface area contributed by atoms with Crippen LogP contribution in [0.5, 0.6) is 0 Å². The van der Waals surface area contributed by atoms with E-state index in [0.717, 1.165) is 5.56 Å². The molecular weight excluding hydrogens is 471 g/mol. The number of carbonyl (C=O) groups is 1. The molecule has 0 radical (unpaired) electrons. The van der Waals surface area contributed by atoms with E-state index < -0.39 is 5.82 Å². The molecule has 3 heterocycles. The average Bonchev–Trinajstić information content (AvgIpc) is 2.93. The van der Waals surface area contributed by atoms with E-state index in [-0.39, 0.29) is 17.3 Å². The van der Waals surface area contributed by atoms with Gasteiger partial charge in [-0.05, 0) is 23.8 Å². The summed E-state index contributed by atoms with van der Waals surface area (Å²) < 4.78 is 14.4. The molecule has 1 fully saturated rings. The zero-order valence-corrected chi connectivity index (χ0v) is 20.0. The normalized spacial score (nSPS) is 13.4. The third-order valence-electron chi connectivity index (χ3n) is 6.35. The molecule has 37 heavy (non-hydrogen) atoms. The second kappa shape index (κ2) is 10.6. The van der Waals surface area contributed by atoms with Crippen LogP contribution in [0.3, 0.4) is 0 Å². The van der Waals surface area contributed by atoms with Crippen molar-refractivity contribution in [3.8, 4) is 17.2 Å². The number of fused-ring (bicyclic) bond motifs is 1. The van der Waals surface area contributed by atoms with E-state index in [4.69, 9.17) is 10.7 Å².